The molecule has 1 aliphatic heterocycles. The van der Waals surface area contributed by atoms with Gasteiger partial charge in [-0.3, -0.25) is 19.2 Å². The maximum absolute atomic E-state index is 13.4. The first-order valence-electron chi connectivity index (χ1n) is 11.9. The molecule has 0 aliphatic carbocycles. The Morgan fingerprint density at radius 2 is 1.69 bits per heavy atom. The number of hydrogen-bond acceptors (Lipinski definition) is 6. The Morgan fingerprint density at radius 3 is 2.14 bits per heavy atom. The third-order valence-electron chi connectivity index (χ3n) is 5.64. The van der Waals surface area contributed by atoms with Gasteiger partial charge in [0.25, 0.3) is 5.90 Å². The van der Waals surface area contributed by atoms with E-state index in [2.05, 4.69) is 10.3 Å². The SMILES string of the molecule is CCCOC(=NC(C)(C)C(=O)N(C)[C@H](C(=O)N[C@@H](CC(=O)O)C(=O)N1CCCC1)C(C)C)C(F)(F)F. The van der Waals surface area contributed by atoms with Crippen molar-refractivity contribution in [1.82, 2.24) is 15.1 Å². The van der Waals surface area contributed by atoms with Crippen LogP contribution in [0.4, 0.5) is 13.2 Å². The average Bonchev–Trinajstić information content (AvgIpc) is 3.28. The van der Waals surface area contributed by atoms with E-state index in [1.54, 1.807) is 20.8 Å². The Balaban J connectivity index is 3.19. The van der Waals surface area contributed by atoms with Gasteiger partial charge in [0.2, 0.25) is 17.7 Å². The molecule has 1 heterocycles. The number of likely N-dealkylation sites (tertiary alicyclic amines) is 1. The predicted molar refractivity (Wildman–Crippen MR) is 125 cm³/mol. The lowest BCUT2D eigenvalue weighted by Gasteiger charge is -2.35. The molecule has 1 aliphatic rings. The third kappa shape index (κ3) is 8.66. The van der Waals surface area contributed by atoms with Crippen molar-refractivity contribution >= 4 is 29.6 Å². The van der Waals surface area contributed by atoms with Gasteiger partial charge in [-0.25, -0.2) is 4.99 Å². The van der Waals surface area contributed by atoms with Crippen LogP contribution in [-0.2, 0) is 23.9 Å². The van der Waals surface area contributed by atoms with Gasteiger partial charge in [-0.2, -0.15) is 13.2 Å². The van der Waals surface area contributed by atoms with Crippen LogP contribution in [0.1, 0.15) is 60.3 Å². The van der Waals surface area contributed by atoms with E-state index in [0.717, 1.165) is 17.7 Å². The van der Waals surface area contributed by atoms with E-state index >= 15 is 0 Å². The standard InChI is InChI=1S/C23H37F3N4O6/c1-7-12-36-20(23(24,25)26)28-22(4,5)21(35)29(6)17(14(2)3)18(33)27-15(13-16(31)32)19(34)30-10-8-9-11-30/h14-15,17H,7-13H2,1-6H3,(H,27,33)(H,31,32)/t15-,17-/m0/s1. The number of amides is 3. The normalized spacial score (nSPS) is 16.5. The second kappa shape index (κ2) is 12.9. The van der Waals surface area contributed by atoms with Gasteiger partial charge < -0.3 is 25.0 Å². The zero-order valence-electron chi connectivity index (χ0n) is 21.6. The zero-order valence-corrected chi connectivity index (χ0v) is 21.6. The van der Waals surface area contributed by atoms with Gasteiger partial charge in [-0.05, 0) is 39.0 Å². The highest BCUT2D eigenvalue weighted by Gasteiger charge is 2.44. The molecule has 2 N–H and O–H groups in total. The number of aliphatic carboxylic acids is 1. The van der Waals surface area contributed by atoms with Gasteiger partial charge in [0.1, 0.15) is 17.6 Å². The van der Waals surface area contributed by atoms with Gasteiger partial charge in [0.15, 0.2) is 0 Å². The number of nitrogens with zero attached hydrogens (tertiary/aromatic N) is 3. The fourth-order valence-electron chi connectivity index (χ4n) is 3.95. The second-order valence-electron chi connectivity index (χ2n) is 9.62. The molecule has 36 heavy (non-hydrogen) atoms. The summed E-state index contributed by atoms with van der Waals surface area (Å²) < 4.78 is 44.8. The largest absolute Gasteiger partial charge is 0.481 e. The van der Waals surface area contributed by atoms with Crippen molar-refractivity contribution in [2.75, 3.05) is 26.7 Å². The highest BCUT2D eigenvalue weighted by Crippen LogP contribution is 2.24. The number of rotatable bonds is 11. The molecule has 0 aromatic heterocycles. The fourth-order valence-corrected chi connectivity index (χ4v) is 3.95. The molecule has 3 amide bonds. The summed E-state index contributed by atoms with van der Waals surface area (Å²) in [6.45, 7) is 7.85. The number of carbonyl (C=O) groups is 4. The van der Waals surface area contributed by atoms with E-state index in [1.807, 2.05) is 0 Å². The van der Waals surface area contributed by atoms with Crippen LogP contribution in [0.2, 0.25) is 0 Å². The van der Waals surface area contributed by atoms with E-state index in [4.69, 9.17) is 4.74 Å². The van der Waals surface area contributed by atoms with Crippen LogP contribution in [0.25, 0.3) is 0 Å². The van der Waals surface area contributed by atoms with Gasteiger partial charge in [-0.1, -0.05) is 20.8 Å². The Bertz CT molecular complexity index is 838. The van der Waals surface area contributed by atoms with E-state index < -0.39 is 65.7 Å². The number of alkyl halides is 3. The Kier molecular flexibility index (Phi) is 11.2. The van der Waals surface area contributed by atoms with E-state index in [0.29, 0.717) is 19.5 Å². The number of ether oxygens (including phenoxy) is 1. The minimum absolute atomic E-state index is 0.245. The molecule has 0 aromatic rings. The van der Waals surface area contributed by atoms with Crippen molar-refractivity contribution in [1.29, 1.82) is 0 Å². The number of carboxylic acids is 1. The lowest BCUT2D eigenvalue weighted by molar-refractivity contribution is -0.147. The molecule has 1 rings (SSSR count). The number of likely N-dealkylation sites (N-methyl/N-ethyl adjacent to an activating group) is 1. The number of nitrogens with one attached hydrogen (secondary N) is 1. The summed E-state index contributed by atoms with van der Waals surface area (Å²) in [4.78, 5) is 56.5. The topological polar surface area (TPSA) is 129 Å². The first-order valence-corrected chi connectivity index (χ1v) is 11.9. The molecule has 1 fully saturated rings. The van der Waals surface area contributed by atoms with Crippen molar-refractivity contribution in [3.63, 3.8) is 0 Å². The number of hydrogen-bond donors (Lipinski definition) is 2. The van der Waals surface area contributed by atoms with Crippen LogP contribution < -0.4 is 5.32 Å². The molecule has 13 heteroatoms. The van der Waals surface area contributed by atoms with E-state index in [1.165, 1.54) is 25.8 Å². The van der Waals surface area contributed by atoms with Gasteiger partial charge >= 0.3 is 12.1 Å². The van der Waals surface area contributed by atoms with Crippen LogP contribution in [0.3, 0.4) is 0 Å². The van der Waals surface area contributed by atoms with Gasteiger partial charge in [0, 0.05) is 20.1 Å². The summed E-state index contributed by atoms with van der Waals surface area (Å²) in [5.41, 5.74) is -1.94. The molecule has 206 valence electrons. The highest BCUT2D eigenvalue weighted by atomic mass is 19.4. The van der Waals surface area contributed by atoms with Crippen LogP contribution in [0.15, 0.2) is 4.99 Å². The summed E-state index contributed by atoms with van der Waals surface area (Å²) in [6, 6.07) is -2.55. The third-order valence-corrected chi connectivity index (χ3v) is 5.64. The van der Waals surface area contributed by atoms with Crippen molar-refractivity contribution in [2.24, 2.45) is 10.9 Å². The number of carbonyl (C=O) groups excluding carboxylic acids is 3. The maximum atomic E-state index is 13.4. The minimum atomic E-state index is -4.92. The molecule has 1 saturated heterocycles. The Hall–Kier alpha value is -2.86. The summed E-state index contributed by atoms with van der Waals surface area (Å²) in [5, 5.41) is 11.7. The van der Waals surface area contributed by atoms with Crippen LogP contribution >= 0.6 is 0 Å². The van der Waals surface area contributed by atoms with Crippen LogP contribution in [0, 0.1) is 5.92 Å². The van der Waals surface area contributed by atoms with E-state index in [9.17, 15) is 37.5 Å². The Labute approximate surface area is 209 Å². The predicted octanol–water partition coefficient (Wildman–Crippen LogP) is 2.22. The average molecular weight is 523 g/mol. The molecule has 0 unspecified atom stereocenters. The number of halogens is 3. The van der Waals surface area contributed by atoms with Crippen molar-refractivity contribution < 1.29 is 42.2 Å². The molecule has 0 saturated carbocycles. The first-order chi connectivity index (χ1) is 16.5. The van der Waals surface area contributed by atoms with Crippen molar-refractivity contribution in [2.45, 2.75) is 84.1 Å². The molecule has 2 atom stereocenters. The minimum Gasteiger partial charge on any atom is -0.481 e. The lowest BCUT2D eigenvalue weighted by atomic mass is 9.97. The summed E-state index contributed by atoms with van der Waals surface area (Å²) in [5.74, 6) is -5.58. The molecule has 0 radical (unpaired) electrons. The quantitative estimate of drug-likeness (QED) is 0.316. The Morgan fingerprint density at radius 1 is 1.14 bits per heavy atom. The second-order valence-corrected chi connectivity index (χ2v) is 9.62. The van der Waals surface area contributed by atoms with E-state index in [-0.39, 0.29) is 6.61 Å². The van der Waals surface area contributed by atoms with Gasteiger partial charge in [0.05, 0.1) is 13.0 Å². The maximum Gasteiger partial charge on any atom is 0.468 e. The van der Waals surface area contributed by atoms with Crippen molar-refractivity contribution in [3.8, 4) is 0 Å². The fraction of sp³-hybridized carbons (Fsp3) is 0.783. The lowest BCUT2D eigenvalue weighted by Crippen LogP contribution is -2.58. The molecular formula is C23H37F3N4O6. The van der Waals surface area contributed by atoms with Gasteiger partial charge in [-0.15, -0.1) is 0 Å². The molecule has 10 nitrogen and oxygen atoms in total. The molecular weight excluding hydrogens is 485 g/mol. The van der Waals surface area contributed by atoms with Crippen LogP contribution in [-0.4, -0.2) is 95.0 Å². The number of carboxylic acid groups (broad SMARTS) is 1. The molecule has 0 bridgehead atoms. The zero-order chi connectivity index (χ0) is 27.8. The summed E-state index contributed by atoms with van der Waals surface area (Å²) in [7, 11) is 1.25. The first kappa shape index (κ1) is 31.2. The summed E-state index contributed by atoms with van der Waals surface area (Å²) >= 11 is 0. The smallest absolute Gasteiger partial charge is 0.468 e. The number of aliphatic imine (C=N–C) groups is 1. The van der Waals surface area contributed by atoms with Crippen LogP contribution in [0.5, 0.6) is 0 Å². The summed E-state index contributed by atoms with van der Waals surface area (Å²) in [6.07, 6.45) is -3.73. The monoisotopic (exact) mass is 522 g/mol. The molecule has 0 aromatic carbocycles. The molecule has 0 spiro atoms. The highest BCUT2D eigenvalue weighted by molar-refractivity contribution is 5.96. The van der Waals surface area contributed by atoms with Crippen molar-refractivity contribution in [3.05, 3.63) is 0 Å².